The molecule has 0 radical (unpaired) electrons. The van der Waals surface area contributed by atoms with Gasteiger partial charge in [0.15, 0.2) is 0 Å². The van der Waals surface area contributed by atoms with Crippen LogP contribution in [0.25, 0.3) is 0 Å². The number of aromatic nitrogens is 2. The van der Waals surface area contributed by atoms with Gasteiger partial charge in [-0.25, -0.2) is 4.98 Å². The highest BCUT2D eigenvalue weighted by atomic mass is 35.5. The number of imidazole rings is 1. The normalized spacial score (nSPS) is 12.5. The molecular formula is C9H12ClN3. The molecule has 0 aliphatic carbocycles. The molecule has 3 nitrogen and oxygen atoms in total. The summed E-state index contributed by atoms with van der Waals surface area (Å²) in [4.78, 5) is 4.28. The minimum Gasteiger partial charge on any atom is -0.302 e. The third-order valence-corrected chi connectivity index (χ3v) is 2.43. The van der Waals surface area contributed by atoms with E-state index in [4.69, 9.17) is 16.9 Å². The maximum Gasteiger partial charge on any atom is 0.132 e. The maximum absolute atomic E-state index is 8.78. The van der Waals surface area contributed by atoms with Crippen molar-refractivity contribution >= 4 is 11.6 Å². The van der Waals surface area contributed by atoms with Crippen LogP contribution in [0.5, 0.6) is 0 Å². The summed E-state index contributed by atoms with van der Waals surface area (Å²) >= 11 is 6.02. The first kappa shape index (κ1) is 10.1. The number of halogens is 1. The zero-order chi connectivity index (χ0) is 10.0. The second-order valence-corrected chi connectivity index (χ2v) is 3.29. The minimum absolute atomic E-state index is 0.247. The van der Waals surface area contributed by atoms with Crippen LogP contribution in [-0.2, 0) is 6.42 Å². The van der Waals surface area contributed by atoms with Gasteiger partial charge in [0.2, 0.25) is 0 Å². The highest BCUT2D eigenvalue weighted by Gasteiger charge is 2.15. The van der Waals surface area contributed by atoms with Crippen LogP contribution in [0.2, 0.25) is 5.15 Å². The van der Waals surface area contributed by atoms with Gasteiger partial charge in [-0.3, -0.25) is 0 Å². The van der Waals surface area contributed by atoms with Gasteiger partial charge in [-0.2, -0.15) is 5.26 Å². The lowest BCUT2D eigenvalue weighted by atomic mass is 10.3. The first-order valence-electron chi connectivity index (χ1n) is 4.24. The molecule has 0 aliphatic rings. The third kappa shape index (κ3) is 1.68. The molecule has 1 aromatic heterocycles. The Morgan fingerprint density at radius 3 is 2.77 bits per heavy atom. The summed E-state index contributed by atoms with van der Waals surface area (Å²) in [6.07, 6.45) is 0.791. The second-order valence-electron chi connectivity index (χ2n) is 2.93. The topological polar surface area (TPSA) is 41.6 Å². The molecule has 0 spiro atoms. The van der Waals surface area contributed by atoms with Gasteiger partial charge in [0, 0.05) is 6.42 Å². The Morgan fingerprint density at radius 1 is 1.69 bits per heavy atom. The largest absolute Gasteiger partial charge is 0.302 e. The van der Waals surface area contributed by atoms with Gasteiger partial charge >= 0.3 is 0 Å². The highest BCUT2D eigenvalue weighted by molar-refractivity contribution is 6.30. The van der Waals surface area contributed by atoms with Crippen LogP contribution in [0, 0.1) is 18.3 Å². The summed E-state index contributed by atoms with van der Waals surface area (Å²) in [6, 6.07) is 1.90. The number of rotatable bonds is 2. The molecule has 1 aromatic rings. The number of hydrogen-bond donors (Lipinski definition) is 0. The Balaban J connectivity index is 3.25. The summed E-state index contributed by atoms with van der Waals surface area (Å²) in [5.41, 5.74) is 0.792. The molecule has 1 rings (SSSR count). The lowest BCUT2D eigenvalue weighted by Gasteiger charge is -2.08. The smallest absolute Gasteiger partial charge is 0.132 e. The average Bonchev–Trinajstić information content (AvgIpc) is 2.42. The molecule has 1 atom stereocenters. The van der Waals surface area contributed by atoms with Crippen LogP contribution in [-0.4, -0.2) is 9.55 Å². The fraction of sp³-hybridized carbons (Fsp3) is 0.556. The van der Waals surface area contributed by atoms with E-state index in [2.05, 4.69) is 11.1 Å². The molecule has 0 N–H and O–H groups in total. The predicted octanol–water partition coefficient (Wildman–Crippen LogP) is 2.49. The fourth-order valence-electron chi connectivity index (χ4n) is 1.28. The summed E-state index contributed by atoms with van der Waals surface area (Å²) in [5.74, 6) is 0.872. The predicted molar refractivity (Wildman–Crippen MR) is 51.7 cm³/mol. The van der Waals surface area contributed by atoms with Crippen molar-refractivity contribution in [2.75, 3.05) is 0 Å². The third-order valence-electron chi connectivity index (χ3n) is 1.98. The molecule has 13 heavy (non-hydrogen) atoms. The SMILES string of the molecule is CCc1nc(C)c(Cl)n1C(C)C#N. The Kier molecular flexibility index (Phi) is 2.94. The Bertz CT molecular complexity index is 348. The molecule has 70 valence electrons. The molecule has 0 fully saturated rings. The van der Waals surface area contributed by atoms with E-state index in [9.17, 15) is 0 Å². The summed E-state index contributed by atoms with van der Waals surface area (Å²) in [7, 11) is 0. The number of aryl methyl sites for hydroxylation is 2. The Hall–Kier alpha value is -1.01. The van der Waals surface area contributed by atoms with Crippen molar-refractivity contribution in [2.45, 2.75) is 33.2 Å². The van der Waals surface area contributed by atoms with Crippen LogP contribution >= 0.6 is 11.6 Å². The van der Waals surface area contributed by atoms with E-state index >= 15 is 0 Å². The Morgan fingerprint density at radius 2 is 2.31 bits per heavy atom. The van der Waals surface area contributed by atoms with E-state index < -0.39 is 0 Å². The van der Waals surface area contributed by atoms with E-state index in [1.54, 1.807) is 4.57 Å². The molecule has 0 saturated heterocycles. The summed E-state index contributed by atoms with van der Waals surface area (Å²) in [6.45, 7) is 5.66. The lowest BCUT2D eigenvalue weighted by molar-refractivity contribution is 0.635. The van der Waals surface area contributed by atoms with Crippen molar-refractivity contribution < 1.29 is 0 Å². The van der Waals surface area contributed by atoms with Gasteiger partial charge in [0.1, 0.15) is 17.0 Å². The number of nitriles is 1. The van der Waals surface area contributed by atoms with Crippen molar-refractivity contribution in [3.63, 3.8) is 0 Å². The van der Waals surface area contributed by atoms with Gasteiger partial charge in [0.25, 0.3) is 0 Å². The quantitative estimate of drug-likeness (QED) is 0.731. The van der Waals surface area contributed by atoms with Gasteiger partial charge in [-0.15, -0.1) is 0 Å². The first-order valence-corrected chi connectivity index (χ1v) is 4.62. The summed E-state index contributed by atoms with van der Waals surface area (Å²) in [5, 5.41) is 9.36. The lowest BCUT2D eigenvalue weighted by Crippen LogP contribution is -2.06. The first-order chi connectivity index (χ1) is 6.11. The highest BCUT2D eigenvalue weighted by Crippen LogP contribution is 2.22. The van der Waals surface area contributed by atoms with Gasteiger partial charge < -0.3 is 4.57 Å². The molecule has 4 heteroatoms. The Labute approximate surface area is 83.0 Å². The van der Waals surface area contributed by atoms with Crippen molar-refractivity contribution in [3.05, 3.63) is 16.7 Å². The molecular weight excluding hydrogens is 186 g/mol. The molecule has 0 aromatic carbocycles. The molecule has 1 unspecified atom stereocenters. The van der Waals surface area contributed by atoms with Crippen molar-refractivity contribution in [1.82, 2.24) is 9.55 Å². The monoisotopic (exact) mass is 197 g/mol. The van der Waals surface area contributed by atoms with Gasteiger partial charge in [-0.05, 0) is 13.8 Å². The molecule has 0 amide bonds. The van der Waals surface area contributed by atoms with E-state index in [-0.39, 0.29) is 6.04 Å². The zero-order valence-electron chi connectivity index (χ0n) is 8.00. The van der Waals surface area contributed by atoms with E-state index in [1.165, 1.54) is 0 Å². The molecule has 0 aliphatic heterocycles. The van der Waals surface area contributed by atoms with Crippen LogP contribution in [0.3, 0.4) is 0 Å². The van der Waals surface area contributed by atoms with Gasteiger partial charge in [0.05, 0.1) is 11.8 Å². The minimum atomic E-state index is -0.247. The van der Waals surface area contributed by atoms with Crippen molar-refractivity contribution in [3.8, 4) is 6.07 Å². The zero-order valence-corrected chi connectivity index (χ0v) is 8.76. The number of hydrogen-bond acceptors (Lipinski definition) is 2. The standard InChI is InChI=1S/C9H12ClN3/c1-4-8-12-7(3)9(10)13(8)6(2)5-11/h6H,4H2,1-3H3. The van der Waals surface area contributed by atoms with E-state index in [0.717, 1.165) is 17.9 Å². The van der Waals surface area contributed by atoms with Crippen LogP contribution in [0.1, 0.15) is 31.4 Å². The molecule has 0 saturated carbocycles. The van der Waals surface area contributed by atoms with E-state index in [1.807, 2.05) is 20.8 Å². The molecule has 0 bridgehead atoms. The summed E-state index contributed by atoms with van der Waals surface area (Å²) < 4.78 is 1.77. The van der Waals surface area contributed by atoms with Crippen molar-refractivity contribution in [1.29, 1.82) is 5.26 Å². The van der Waals surface area contributed by atoms with E-state index in [0.29, 0.717) is 5.15 Å². The second kappa shape index (κ2) is 3.80. The van der Waals surface area contributed by atoms with Crippen molar-refractivity contribution in [2.24, 2.45) is 0 Å². The fourth-order valence-corrected chi connectivity index (χ4v) is 1.57. The van der Waals surface area contributed by atoms with Crippen LogP contribution < -0.4 is 0 Å². The van der Waals surface area contributed by atoms with Gasteiger partial charge in [-0.1, -0.05) is 18.5 Å². The average molecular weight is 198 g/mol. The van der Waals surface area contributed by atoms with Crippen LogP contribution in [0.15, 0.2) is 0 Å². The van der Waals surface area contributed by atoms with Crippen LogP contribution in [0.4, 0.5) is 0 Å². The molecule has 1 heterocycles. The number of nitrogens with zero attached hydrogens (tertiary/aromatic N) is 3. The maximum atomic E-state index is 8.78.